The van der Waals surface area contributed by atoms with Crippen LogP contribution in [-0.2, 0) is 0 Å². The van der Waals surface area contributed by atoms with E-state index in [1.165, 1.54) is 6.20 Å². The van der Waals surface area contributed by atoms with Crippen molar-refractivity contribution in [2.24, 2.45) is 10.9 Å². The van der Waals surface area contributed by atoms with E-state index in [1.54, 1.807) is 12.1 Å². The third-order valence-corrected chi connectivity index (χ3v) is 3.20. The number of nitrogens with zero attached hydrogens (tertiary/aromatic N) is 3. The van der Waals surface area contributed by atoms with Gasteiger partial charge >= 0.3 is 0 Å². The second-order valence-electron chi connectivity index (χ2n) is 4.41. The summed E-state index contributed by atoms with van der Waals surface area (Å²) in [6.45, 7) is 2.82. The summed E-state index contributed by atoms with van der Waals surface area (Å²) in [6.07, 6.45) is 3.51. The fraction of sp³-hybridized carbons (Fsp3) is 0.417. The molecule has 6 heteroatoms. The summed E-state index contributed by atoms with van der Waals surface area (Å²) in [5.41, 5.74) is 6.31. The van der Waals surface area contributed by atoms with E-state index in [0.717, 1.165) is 19.4 Å². The molecule has 2 heterocycles. The monoisotopic (exact) mass is 248 g/mol. The minimum atomic E-state index is -0.0638. The van der Waals surface area contributed by atoms with Gasteiger partial charge in [-0.1, -0.05) is 5.16 Å². The Hall–Kier alpha value is -2.11. The van der Waals surface area contributed by atoms with Gasteiger partial charge in [0.25, 0.3) is 5.91 Å². The summed E-state index contributed by atoms with van der Waals surface area (Å²) in [5.74, 6) is -0.0814. The second kappa shape index (κ2) is 5.03. The summed E-state index contributed by atoms with van der Waals surface area (Å²) >= 11 is 0. The van der Waals surface area contributed by atoms with Crippen LogP contribution in [0.25, 0.3) is 0 Å². The van der Waals surface area contributed by atoms with Crippen molar-refractivity contribution in [3.63, 3.8) is 0 Å². The Kier molecular flexibility index (Phi) is 3.45. The number of rotatable bonds is 2. The van der Waals surface area contributed by atoms with E-state index >= 15 is 0 Å². The lowest BCUT2D eigenvalue weighted by molar-refractivity contribution is 0.0741. The van der Waals surface area contributed by atoms with Gasteiger partial charge in [0.2, 0.25) is 0 Å². The van der Waals surface area contributed by atoms with Gasteiger partial charge in [0.05, 0.1) is 0 Å². The number of hydrogen-bond acceptors (Lipinski definition) is 4. The van der Waals surface area contributed by atoms with Crippen molar-refractivity contribution in [2.75, 3.05) is 6.54 Å². The summed E-state index contributed by atoms with van der Waals surface area (Å²) in [6, 6.07) is 3.49. The quantitative estimate of drug-likeness (QED) is 0.350. The zero-order chi connectivity index (χ0) is 13.1. The van der Waals surface area contributed by atoms with Crippen molar-refractivity contribution in [3.05, 3.63) is 29.6 Å². The molecule has 0 aliphatic carbocycles. The van der Waals surface area contributed by atoms with Crippen molar-refractivity contribution in [1.82, 2.24) is 9.88 Å². The van der Waals surface area contributed by atoms with Crippen LogP contribution in [0.3, 0.4) is 0 Å². The SMILES string of the molecule is CC1CCCN1C(=O)c1ccc(C(N)=NO)cn1. The molecule has 1 fully saturated rings. The first kappa shape index (κ1) is 12.3. The van der Waals surface area contributed by atoms with E-state index in [-0.39, 0.29) is 17.8 Å². The van der Waals surface area contributed by atoms with E-state index in [2.05, 4.69) is 10.1 Å². The highest BCUT2D eigenvalue weighted by molar-refractivity contribution is 5.98. The molecular weight excluding hydrogens is 232 g/mol. The molecule has 2 rings (SSSR count). The number of likely N-dealkylation sites (tertiary alicyclic amines) is 1. The number of nitrogens with two attached hydrogens (primary N) is 1. The van der Waals surface area contributed by atoms with Gasteiger partial charge in [-0.15, -0.1) is 0 Å². The Balaban J connectivity index is 2.17. The van der Waals surface area contributed by atoms with Gasteiger partial charge < -0.3 is 15.8 Å². The number of aromatic nitrogens is 1. The highest BCUT2D eigenvalue weighted by Crippen LogP contribution is 2.18. The molecule has 18 heavy (non-hydrogen) atoms. The number of pyridine rings is 1. The maximum absolute atomic E-state index is 12.2. The number of carbonyl (C=O) groups excluding carboxylic acids is 1. The first-order chi connectivity index (χ1) is 8.63. The van der Waals surface area contributed by atoms with Gasteiger partial charge in [0.15, 0.2) is 5.84 Å². The zero-order valence-electron chi connectivity index (χ0n) is 10.2. The molecule has 1 aromatic rings. The van der Waals surface area contributed by atoms with E-state index < -0.39 is 0 Å². The van der Waals surface area contributed by atoms with Crippen LogP contribution in [0.15, 0.2) is 23.5 Å². The lowest BCUT2D eigenvalue weighted by atomic mass is 10.2. The number of carbonyl (C=O) groups is 1. The molecule has 1 unspecified atom stereocenters. The summed E-state index contributed by atoms with van der Waals surface area (Å²) in [7, 11) is 0. The summed E-state index contributed by atoms with van der Waals surface area (Å²) in [5, 5.41) is 11.4. The number of oxime groups is 1. The molecule has 0 aromatic carbocycles. The van der Waals surface area contributed by atoms with Crippen molar-refractivity contribution >= 4 is 11.7 Å². The maximum Gasteiger partial charge on any atom is 0.272 e. The van der Waals surface area contributed by atoms with Crippen LogP contribution in [-0.4, -0.2) is 39.4 Å². The van der Waals surface area contributed by atoms with Gasteiger partial charge in [0.1, 0.15) is 5.69 Å². The Morgan fingerprint density at radius 2 is 2.39 bits per heavy atom. The Morgan fingerprint density at radius 1 is 1.61 bits per heavy atom. The molecule has 0 saturated carbocycles. The minimum Gasteiger partial charge on any atom is -0.409 e. The maximum atomic E-state index is 12.2. The molecule has 6 nitrogen and oxygen atoms in total. The first-order valence-corrected chi connectivity index (χ1v) is 5.88. The van der Waals surface area contributed by atoms with Crippen LogP contribution in [0, 0.1) is 0 Å². The molecule has 1 saturated heterocycles. The number of amides is 1. The molecule has 1 aliphatic heterocycles. The van der Waals surface area contributed by atoms with Crippen molar-refractivity contribution in [3.8, 4) is 0 Å². The first-order valence-electron chi connectivity index (χ1n) is 5.88. The summed E-state index contributed by atoms with van der Waals surface area (Å²) < 4.78 is 0. The van der Waals surface area contributed by atoms with E-state index in [0.29, 0.717) is 11.3 Å². The fourth-order valence-corrected chi connectivity index (χ4v) is 2.11. The predicted octanol–water partition coefficient (Wildman–Crippen LogP) is 0.801. The molecule has 1 atom stereocenters. The third kappa shape index (κ3) is 2.27. The number of hydrogen-bond donors (Lipinski definition) is 2. The smallest absolute Gasteiger partial charge is 0.272 e. The van der Waals surface area contributed by atoms with Gasteiger partial charge in [-0.05, 0) is 31.9 Å². The molecule has 0 radical (unpaired) electrons. The molecule has 1 aromatic heterocycles. The lowest BCUT2D eigenvalue weighted by Crippen LogP contribution is -2.34. The lowest BCUT2D eigenvalue weighted by Gasteiger charge is -2.20. The fourth-order valence-electron chi connectivity index (χ4n) is 2.11. The molecule has 1 aliphatic rings. The molecule has 96 valence electrons. The average molecular weight is 248 g/mol. The van der Waals surface area contributed by atoms with Crippen LogP contribution in [0.5, 0.6) is 0 Å². The Labute approximate surface area is 105 Å². The van der Waals surface area contributed by atoms with E-state index in [9.17, 15) is 4.79 Å². The summed E-state index contributed by atoms with van der Waals surface area (Å²) in [4.78, 5) is 18.0. The van der Waals surface area contributed by atoms with Crippen LogP contribution in [0.4, 0.5) is 0 Å². The average Bonchev–Trinajstić information content (AvgIpc) is 2.83. The third-order valence-electron chi connectivity index (χ3n) is 3.20. The van der Waals surface area contributed by atoms with Gasteiger partial charge in [0, 0.05) is 24.3 Å². The van der Waals surface area contributed by atoms with E-state index in [4.69, 9.17) is 10.9 Å². The molecular formula is C12H16N4O2. The van der Waals surface area contributed by atoms with Crippen LogP contribution in [0.2, 0.25) is 0 Å². The van der Waals surface area contributed by atoms with Crippen LogP contribution in [0.1, 0.15) is 35.8 Å². The van der Waals surface area contributed by atoms with Crippen molar-refractivity contribution in [1.29, 1.82) is 0 Å². The Bertz CT molecular complexity index is 469. The largest absolute Gasteiger partial charge is 0.409 e. The minimum absolute atomic E-state index is 0.0176. The number of amidine groups is 1. The highest BCUT2D eigenvalue weighted by atomic mass is 16.4. The molecule has 3 N–H and O–H groups in total. The second-order valence-corrected chi connectivity index (χ2v) is 4.41. The molecule has 0 bridgehead atoms. The highest BCUT2D eigenvalue weighted by Gasteiger charge is 2.26. The normalized spacial score (nSPS) is 20.2. The van der Waals surface area contributed by atoms with Crippen molar-refractivity contribution in [2.45, 2.75) is 25.8 Å². The van der Waals surface area contributed by atoms with Crippen molar-refractivity contribution < 1.29 is 10.0 Å². The van der Waals surface area contributed by atoms with Crippen LogP contribution < -0.4 is 5.73 Å². The van der Waals surface area contributed by atoms with Gasteiger partial charge in [-0.3, -0.25) is 9.78 Å². The zero-order valence-corrected chi connectivity index (χ0v) is 10.2. The molecule has 0 spiro atoms. The predicted molar refractivity (Wildman–Crippen MR) is 66.5 cm³/mol. The standard InChI is InChI=1S/C12H16N4O2/c1-8-3-2-6-16(8)12(17)10-5-4-9(7-14-10)11(13)15-18/h4-5,7-8,18H,2-3,6H2,1H3,(H2,13,15). The van der Waals surface area contributed by atoms with E-state index in [1.807, 2.05) is 11.8 Å². The van der Waals surface area contributed by atoms with Gasteiger partial charge in [-0.25, -0.2) is 0 Å². The molecule has 1 amide bonds. The van der Waals surface area contributed by atoms with Crippen LogP contribution >= 0.6 is 0 Å². The van der Waals surface area contributed by atoms with Gasteiger partial charge in [-0.2, -0.15) is 0 Å². The topological polar surface area (TPSA) is 91.8 Å². The Morgan fingerprint density at radius 3 is 2.89 bits per heavy atom.